The molecule has 0 amide bonds. The van der Waals surface area contributed by atoms with Crippen LogP contribution in [0.4, 0.5) is 14.5 Å². The highest BCUT2D eigenvalue weighted by Crippen LogP contribution is 2.27. The molecule has 0 aliphatic carbocycles. The topological polar surface area (TPSA) is 24.5 Å². The van der Waals surface area contributed by atoms with Crippen molar-refractivity contribution in [2.75, 3.05) is 31.6 Å². The molecule has 0 radical (unpaired) electrons. The Balaban J connectivity index is 2.29. The van der Waals surface area contributed by atoms with Gasteiger partial charge in [-0.15, -0.1) is 0 Å². The van der Waals surface area contributed by atoms with Crippen LogP contribution in [0.1, 0.15) is 6.92 Å². The zero-order valence-electron chi connectivity index (χ0n) is 9.96. The van der Waals surface area contributed by atoms with Crippen LogP contribution >= 0.6 is 0 Å². The lowest BCUT2D eigenvalue weighted by Gasteiger charge is -2.33. The van der Waals surface area contributed by atoms with Crippen LogP contribution in [0.15, 0.2) is 12.1 Å². The Morgan fingerprint density at radius 3 is 2.82 bits per heavy atom. The van der Waals surface area contributed by atoms with E-state index < -0.39 is 11.6 Å². The fraction of sp³-hybridized carbons (Fsp3) is 0.500. The van der Waals surface area contributed by atoms with Crippen molar-refractivity contribution in [3.8, 4) is 5.75 Å². The van der Waals surface area contributed by atoms with Crippen molar-refractivity contribution in [2.24, 2.45) is 0 Å². The van der Waals surface area contributed by atoms with E-state index in [9.17, 15) is 8.78 Å². The minimum absolute atomic E-state index is 0.0498. The molecule has 0 aromatic heterocycles. The Morgan fingerprint density at radius 1 is 1.41 bits per heavy atom. The minimum Gasteiger partial charge on any atom is -0.493 e. The molecule has 1 aliphatic rings. The molecule has 1 fully saturated rings. The highest BCUT2D eigenvalue weighted by molar-refractivity contribution is 5.52. The number of ether oxygens (including phenoxy) is 1. The van der Waals surface area contributed by atoms with Crippen molar-refractivity contribution in [3.05, 3.63) is 23.8 Å². The lowest BCUT2D eigenvalue weighted by atomic mass is 10.2. The fourth-order valence-electron chi connectivity index (χ4n) is 2.05. The van der Waals surface area contributed by atoms with Gasteiger partial charge in [-0.2, -0.15) is 4.39 Å². The van der Waals surface area contributed by atoms with Gasteiger partial charge in [0.2, 0.25) is 5.82 Å². The quantitative estimate of drug-likeness (QED) is 0.855. The smallest absolute Gasteiger partial charge is 0.200 e. The molecule has 17 heavy (non-hydrogen) atoms. The molecule has 2 rings (SSSR count). The van der Waals surface area contributed by atoms with Crippen LogP contribution in [0, 0.1) is 11.6 Å². The van der Waals surface area contributed by atoms with Crippen LogP contribution in [0.25, 0.3) is 0 Å². The summed E-state index contributed by atoms with van der Waals surface area (Å²) in [6.07, 6.45) is 0. The molecule has 1 heterocycles. The number of rotatable bonds is 2. The lowest BCUT2D eigenvalue weighted by molar-refractivity contribution is 0.371. The number of halogens is 2. The van der Waals surface area contributed by atoms with Crippen molar-refractivity contribution in [1.29, 1.82) is 0 Å². The molecule has 1 aromatic rings. The first-order chi connectivity index (χ1) is 8.11. The largest absolute Gasteiger partial charge is 0.493 e. The third-order valence-electron chi connectivity index (χ3n) is 2.93. The molecule has 1 N–H and O–H groups in total. The number of anilines is 1. The van der Waals surface area contributed by atoms with E-state index in [0.29, 0.717) is 11.7 Å². The van der Waals surface area contributed by atoms with Gasteiger partial charge >= 0.3 is 0 Å². The van der Waals surface area contributed by atoms with Gasteiger partial charge in [0.05, 0.1) is 7.11 Å². The third kappa shape index (κ3) is 2.49. The Bertz CT molecular complexity index is 412. The van der Waals surface area contributed by atoms with Crippen molar-refractivity contribution in [2.45, 2.75) is 13.0 Å². The second-order valence-electron chi connectivity index (χ2n) is 4.25. The number of hydrogen-bond acceptors (Lipinski definition) is 3. The number of hydrogen-bond donors (Lipinski definition) is 1. The van der Waals surface area contributed by atoms with Crippen LogP contribution in [0.3, 0.4) is 0 Å². The zero-order valence-corrected chi connectivity index (χ0v) is 9.96. The summed E-state index contributed by atoms with van der Waals surface area (Å²) in [6.45, 7) is 4.44. The van der Waals surface area contributed by atoms with E-state index >= 15 is 0 Å². The number of nitrogens with one attached hydrogen (secondary N) is 1. The van der Waals surface area contributed by atoms with E-state index in [1.165, 1.54) is 19.2 Å². The number of piperazine rings is 1. The number of benzene rings is 1. The summed E-state index contributed by atoms with van der Waals surface area (Å²) in [6, 6.07) is 3.09. The normalized spacial score (nSPS) is 20.5. The molecule has 1 aliphatic heterocycles. The molecule has 94 valence electrons. The van der Waals surface area contributed by atoms with Crippen LogP contribution < -0.4 is 15.0 Å². The van der Waals surface area contributed by atoms with Gasteiger partial charge in [-0.3, -0.25) is 0 Å². The first kappa shape index (κ1) is 12.1. The number of methoxy groups -OCH3 is 1. The van der Waals surface area contributed by atoms with Crippen molar-refractivity contribution >= 4 is 5.69 Å². The highest BCUT2D eigenvalue weighted by Gasteiger charge is 2.19. The van der Waals surface area contributed by atoms with Gasteiger partial charge in [-0.1, -0.05) is 0 Å². The van der Waals surface area contributed by atoms with Gasteiger partial charge < -0.3 is 15.0 Å². The van der Waals surface area contributed by atoms with Gasteiger partial charge in [0.1, 0.15) is 0 Å². The SMILES string of the molecule is COc1cc(N2CCN[C@H](C)C2)cc(F)c1F. The monoisotopic (exact) mass is 242 g/mol. The molecule has 0 saturated carbocycles. The summed E-state index contributed by atoms with van der Waals surface area (Å²) < 4.78 is 31.5. The Hall–Kier alpha value is -1.36. The Morgan fingerprint density at radius 2 is 2.18 bits per heavy atom. The lowest BCUT2D eigenvalue weighted by Crippen LogP contribution is -2.49. The summed E-state index contributed by atoms with van der Waals surface area (Å²) in [7, 11) is 1.34. The first-order valence-electron chi connectivity index (χ1n) is 5.63. The maximum absolute atomic E-state index is 13.4. The molecule has 1 aromatic carbocycles. The van der Waals surface area contributed by atoms with Crippen LogP contribution in [-0.4, -0.2) is 32.8 Å². The molecule has 1 atom stereocenters. The minimum atomic E-state index is -0.931. The first-order valence-corrected chi connectivity index (χ1v) is 5.63. The van der Waals surface area contributed by atoms with Gasteiger partial charge in [-0.25, -0.2) is 4.39 Å². The van der Waals surface area contributed by atoms with Gasteiger partial charge in [0, 0.05) is 43.5 Å². The van der Waals surface area contributed by atoms with Crippen LogP contribution in [-0.2, 0) is 0 Å². The third-order valence-corrected chi connectivity index (χ3v) is 2.93. The number of nitrogens with zero attached hydrogens (tertiary/aromatic N) is 1. The highest BCUT2D eigenvalue weighted by atomic mass is 19.2. The molecular weight excluding hydrogens is 226 g/mol. The van der Waals surface area contributed by atoms with E-state index in [2.05, 4.69) is 12.2 Å². The fourth-order valence-corrected chi connectivity index (χ4v) is 2.05. The van der Waals surface area contributed by atoms with Crippen molar-refractivity contribution in [1.82, 2.24) is 5.32 Å². The molecular formula is C12H16F2N2O. The second kappa shape index (κ2) is 4.87. The molecule has 3 nitrogen and oxygen atoms in total. The summed E-state index contributed by atoms with van der Waals surface area (Å²) in [5, 5.41) is 3.30. The molecule has 0 unspecified atom stereocenters. The predicted molar refractivity (Wildman–Crippen MR) is 62.6 cm³/mol. The van der Waals surface area contributed by atoms with Gasteiger partial charge in [0.25, 0.3) is 0 Å². The van der Waals surface area contributed by atoms with Crippen LogP contribution in [0.2, 0.25) is 0 Å². The molecule has 0 bridgehead atoms. The van der Waals surface area contributed by atoms with E-state index in [4.69, 9.17) is 4.74 Å². The predicted octanol–water partition coefficient (Wildman–Crippen LogP) is 1.77. The van der Waals surface area contributed by atoms with Crippen molar-refractivity contribution < 1.29 is 13.5 Å². The van der Waals surface area contributed by atoms with E-state index in [1.54, 1.807) is 0 Å². The molecule has 1 saturated heterocycles. The second-order valence-corrected chi connectivity index (χ2v) is 4.25. The van der Waals surface area contributed by atoms with E-state index in [0.717, 1.165) is 19.6 Å². The van der Waals surface area contributed by atoms with Crippen molar-refractivity contribution in [3.63, 3.8) is 0 Å². The summed E-state index contributed by atoms with van der Waals surface area (Å²) in [5.41, 5.74) is 0.661. The van der Waals surface area contributed by atoms with Gasteiger partial charge in [-0.05, 0) is 6.92 Å². The molecule has 0 spiro atoms. The van der Waals surface area contributed by atoms with E-state index in [-0.39, 0.29) is 5.75 Å². The Kier molecular flexibility index (Phi) is 3.47. The maximum Gasteiger partial charge on any atom is 0.200 e. The van der Waals surface area contributed by atoms with E-state index in [1.807, 2.05) is 4.90 Å². The maximum atomic E-state index is 13.4. The average molecular weight is 242 g/mol. The standard InChI is InChI=1S/C12H16F2N2O/c1-8-7-16(4-3-15-8)9-5-10(13)12(14)11(6-9)17-2/h5-6,8,15H,3-4,7H2,1-2H3/t8-/m1/s1. The average Bonchev–Trinajstić information content (AvgIpc) is 2.32. The summed E-state index contributed by atoms with van der Waals surface area (Å²) in [4.78, 5) is 2.02. The van der Waals surface area contributed by atoms with Crippen LogP contribution in [0.5, 0.6) is 5.75 Å². The molecule has 5 heteroatoms. The summed E-state index contributed by atoms with van der Waals surface area (Å²) in [5.74, 6) is -1.85. The Labute approximate surface area is 99.4 Å². The summed E-state index contributed by atoms with van der Waals surface area (Å²) >= 11 is 0. The van der Waals surface area contributed by atoms with Gasteiger partial charge in [0.15, 0.2) is 11.6 Å². The zero-order chi connectivity index (χ0) is 12.4.